The number of aryl methyl sites for hydroxylation is 1. The van der Waals surface area contributed by atoms with Crippen LogP contribution >= 0.6 is 0 Å². The van der Waals surface area contributed by atoms with Crippen LogP contribution in [0.25, 0.3) is 0 Å². The first-order valence-corrected chi connectivity index (χ1v) is 34.2. The summed E-state index contributed by atoms with van der Waals surface area (Å²) in [6.07, 6.45) is -37.7. The molecule has 0 spiro atoms. The van der Waals surface area contributed by atoms with E-state index in [-0.39, 0.29) is 23.9 Å². The van der Waals surface area contributed by atoms with Crippen LogP contribution < -0.4 is 9.47 Å². The summed E-state index contributed by atoms with van der Waals surface area (Å²) in [6, 6.07) is 28.9. The Labute approximate surface area is 597 Å². The molecule has 5 saturated heterocycles. The second-order valence-electron chi connectivity index (χ2n) is 24.4. The molecule has 9 rings (SSSR count). The number of hydrogen-bond acceptors (Lipinski definition) is 33. The van der Waals surface area contributed by atoms with Crippen molar-refractivity contribution in [1.82, 2.24) is 0 Å². The Morgan fingerprint density at radius 1 is 0.413 bits per heavy atom. The molecular formula is C70H82O33S. The van der Waals surface area contributed by atoms with Crippen molar-refractivity contribution in [1.29, 1.82) is 0 Å². The molecule has 0 N–H and O–H groups in total. The Balaban J connectivity index is 1.15. The molecule has 4 aromatic rings. The van der Waals surface area contributed by atoms with Gasteiger partial charge in [0.1, 0.15) is 66.9 Å². The number of carbonyl (C=O) groups is 9. The van der Waals surface area contributed by atoms with Crippen LogP contribution in [0, 0.1) is 6.92 Å². The zero-order valence-electron chi connectivity index (χ0n) is 58.4. The van der Waals surface area contributed by atoms with Gasteiger partial charge in [-0.2, -0.15) is 8.42 Å². The van der Waals surface area contributed by atoms with E-state index >= 15 is 0 Å². The van der Waals surface area contributed by atoms with Gasteiger partial charge in [-0.15, -0.1) is 0 Å². The van der Waals surface area contributed by atoms with Crippen LogP contribution in [0.15, 0.2) is 114 Å². The first kappa shape index (κ1) is 79.3. The number of ether oxygens (including phenoxy) is 21. The first-order chi connectivity index (χ1) is 49.5. The fourth-order valence-corrected chi connectivity index (χ4v) is 13.0. The molecule has 0 bridgehead atoms. The maximum atomic E-state index is 14.3. The van der Waals surface area contributed by atoms with Crippen LogP contribution in [-0.4, -0.2) is 219 Å². The standard InChI is InChI=1S/C70H82O33S/c1-35-22-28-49(29-23-35)104(80,81)86-34-53-57(103-69-64(93-43(9)78)59(88-38(4)73)55-52(98-69)33-85-66(100-55)46-20-16-13-17-21-46)61(90-40(6)75)65(94-44(10)79)70(99-53)101-54-50(31-83-30-45-18-14-12-15-19-45)96-68(63(92-42(8)77)58(54)87-37(3)72)102-56-51(32-84-36(2)71)97-67(95-48-26-24-47(82-11)25-27-48)62(91-41(7)76)60(56)89-39(5)74/h12-29,50-70H,30-34H2,1-11H3/t50-,51-,52-,53-,54-,55-,56-,57-,58+,59+,60+,61+,62-,63-,64-,65-,66-,67-,68+,69+,70+/m1/s1. The number of hydrogen-bond donors (Lipinski definition) is 0. The maximum Gasteiger partial charge on any atom is 0.303 e. The van der Waals surface area contributed by atoms with Crippen molar-refractivity contribution in [2.24, 2.45) is 0 Å². The molecule has 21 atom stereocenters. The number of carbonyl (C=O) groups excluding carboxylic acids is 9. The lowest BCUT2D eigenvalue weighted by Crippen LogP contribution is -2.70. The average Bonchev–Trinajstić information content (AvgIpc) is 0.758. The number of esters is 9. The average molecular weight is 1480 g/mol. The second-order valence-corrected chi connectivity index (χ2v) is 26.0. The molecule has 5 aliphatic rings. The Hall–Kier alpha value is -8.78. The third-order valence-electron chi connectivity index (χ3n) is 16.3. The first-order valence-electron chi connectivity index (χ1n) is 32.8. The molecule has 0 radical (unpaired) electrons. The predicted molar refractivity (Wildman–Crippen MR) is 344 cm³/mol. The van der Waals surface area contributed by atoms with E-state index in [0.717, 1.165) is 62.3 Å². The highest BCUT2D eigenvalue weighted by Gasteiger charge is 2.62. The normalized spacial score (nSPS) is 30.3. The van der Waals surface area contributed by atoms with Gasteiger partial charge in [-0.25, -0.2) is 0 Å². The highest BCUT2D eigenvalue weighted by Crippen LogP contribution is 2.42. The van der Waals surface area contributed by atoms with Crippen LogP contribution in [0.2, 0.25) is 0 Å². The highest BCUT2D eigenvalue weighted by molar-refractivity contribution is 7.86. The highest BCUT2D eigenvalue weighted by atomic mass is 32.2. The lowest BCUT2D eigenvalue weighted by Gasteiger charge is -2.51. The zero-order chi connectivity index (χ0) is 75.1. The molecule has 0 saturated carbocycles. The topological polar surface area (TPSA) is 391 Å². The Kier molecular flexibility index (Phi) is 27.7. The van der Waals surface area contributed by atoms with Gasteiger partial charge in [0.15, 0.2) is 67.9 Å². The van der Waals surface area contributed by atoms with Gasteiger partial charge in [-0.3, -0.25) is 47.3 Å². The van der Waals surface area contributed by atoms with E-state index in [2.05, 4.69) is 0 Å². The Morgan fingerprint density at radius 2 is 0.817 bits per heavy atom. The van der Waals surface area contributed by atoms with E-state index in [1.165, 1.54) is 43.5 Å². The monoisotopic (exact) mass is 1480 g/mol. The van der Waals surface area contributed by atoms with Gasteiger partial charge >= 0.3 is 53.7 Å². The van der Waals surface area contributed by atoms with Crippen molar-refractivity contribution in [2.75, 3.05) is 33.5 Å². The number of rotatable bonds is 28. The molecule has 5 heterocycles. The minimum absolute atomic E-state index is 0.118. The lowest BCUT2D eigenvalue weighted by molar-refractivity contribution is -0.396. The molecule has 0 amide bonds. The maximum absolute atomic E-state index is 14.3. The predicted octanol–water partition coefficient (Wildman–Crippen LogP) is 4.19. The van der Waals surface area contributed by atoms with Crippen molar-refractivity contribution in [3.8, 4) is 11.5 Å². The van der Waals surface area contributed by atoms with Crippen LogP contribution in [0.1, 0.15) is 85.3 Å². The van der Waals surface area contributed by atoms with Crippen molar-refractivity contribution in [3.05, 3.63) is 126 Å². The van der Waals surface area contributed by atoms with Gasteiger partial charge in [0.05, 0.1) is 38.4 Å². The molecule has 566 valence electrons. The molecule has 0 aromatic heterocycles. The van der Waals surface area contributed by atoms with Gasteiger partial charge < -0.3 is 99.5 Å². The zero-order valence-corrected chi connectivity index (χ0v) is 59.2. The van der Waals surface area contributed by atoms with Crippen molar-refractivity contribution in [2.45, 2.75) is 210 Å². The largest absolute Gasteiger partial charge is 0.497 e. The summed E-state index contributed by atoms with van der Waals surface area (Å²) in [5, 5.41) is 0. The SMILES string of the molecule is COc1ccc(O[C@@H]2O[C@H](COC(C)=O)[C@@H](O[C@@H]3O[C@H](COCc4ccccc4)[C@@H](O[C@@H]4O[C@H](COS(=O)(=O)c5ccc(C)cc5)[C@@H](O[C@@H]5O[C@@H]6CO[C@@H](c7ccccc7)O[C@H]6[C@H](OC(C)=O)[C@H]5OC(C)=O)[C@H](OC(C)=O)[C@H]4OC(C)=O)[C@H](OC(C)=O)[C@H]3OC(C)=O)[C@H](OC(C)=O)[C@H]2OC(C)=O)cc1. The quantitative estimate of drug-likeness (QED) is 0.0437. The molecule has 33 nitrogen and oxygen atoms in total. The third kappa shape index (κ3) is 21.2. The fourth-order valence-electron chi connectivity index (χ4n) is 12.1. The number of benzene rings is 4. The van der Waals surface area contributed by atoms with Crippen LogP contribution in [-0.2, 0) is 154 Å². The van der Waals surface area contributed by atoms with Gasteiger partial charge in [-0.1, -0.05) is 78.4 Å². The second kappa shape index (κ2) is 36.3. The fraction of sp³-hybridized carbons (Fsp3) is 0.529. The van der Waals surface area contributed by atoms with Gasteiger partial charge in [0.2, 0.25) is 12.4 Å². The molecule has 104 heavy (non-hydrogen) atoms. The molecule has 5 fully saturated rings. The van der Waals surface area contributed by atoms with Gasteiger partial charge in [0.25, 0.3) is 10.1 Å². The van der Waals surface area contributed by atoms with E-state index in [1.807, 2.05) is 0 Å². The van der Waals surface area contributed by atoms with E-state index in [4.69, 9.17) is 104 Å². The molecule has 4 aromatic carbocycles. The summed E-state index contributed by atoms with van der Waals surface area (Å²) in [7, 11) is -3.38. The van der Waals surface area contributed by atoms with E-state index in [0.29, 0.717) is 22.4 Å². The minimum atomic E-state index is -4.81. The third-order valence-corrected chi connectivity index (χ3v) is 17.6. The summed E-state index contributed by atoms with van der Waals surface area (Å²) in [5.74, 6) is -8.44. The van der Waals surface area contributed by atoms with Gasteiger partial charge in [-0.05, 0) is 48.9 Å². The Morgan fingerprint density at radius 3 is 1.29 bits per heavy atom. The summed E-state index contributed by atoms with van der Waals surface area (Å²) < 4.78 is 164. The summed E-state index contributed by atoms with van der Waals surface area (Å²) in [4.78, 5) is 120. The summed E-state index contributed by atoms with van der Waals surface area (Å²) >= 11 is 0. The Bertz CT molecular complexity index is 3710. The smallest absolute Gasteiger partial charge is 0.303 e. The van der Waals surface area contributed by atoms with Gasteiger partial charge in [0, 0.05) is 67.9 Å². The molecule has 5 aliphatic heterocycles. The lowest BCUT2D eigenvalue weighted by atomic mass is 9.94. The van der Waals surface area contributed by atoms with Crippen LogP contribution in [0.5, 0.6) is 11.5 Å². The van der Waals surface area contributed by atoms with E-state index in [1.54, 1.807) is 79.7 Å². The summed E-state index contributed by atoms with van der Waals surface area (Å²) in [6.45, 7) is 7.94. The van der Waals surface area contributed by atoms with Crippen molar-refractivity contribution in [3.63, 3.8) is 0 Å². The number of methoxy groups -OCH3 is 1. The molecule has 34 heteroatoms. The molecule has 0 aliphatic carbocycles. The van der Waals surface area contributed by atoms with Crippen molar-refractivity contribution >= 4 is 63.8 Å². The minimum Gasteiger partial charge on any atom is -0.497 e. The van der Waals surface area contributed by atoms with E-state index < -0.39 is 213 Å². The summed E-state index contributed by atoms with van der Waals surface area (Å²) in [5.41, 5.74) is 1.83. The number of fused-ring (bicyclic) bond motifs is 1. The van der Waals surface area contributed by atoms with Crippen LogP contribution in [0.4, 0.5) is 0 Å². The molecular weight excluding hydrogens is 1400 g/mol. The van der Waals surface area contributed by atoms with Crippen LogP contribution in [0.3, 0.4) is 0 Å². The molecule has 0 unspecified atom stereocenters. The van der Waals surface area contributed by atoms with Crippen molar-refractivity contribution < 1.29 is 155 Å². The van der Waals surface area contributed by atoms with E-state index in [9.17, 15) is 51.6 Å².